The highest BCUT2D eigenvalue weighted by Crippen LogP contribution is 2.25. The van der Waals surface area contributed by atoms with Crippen molar-refractivity contribution in [2.45, 2.75) is 59.6 Å². The molecule has 0 saturated carbocycles. The van der Waals surface area contributed by atoms with E-state index in [4.69, 9.17) is 10.5 Å². The standard InChI is InChI=1S/C17H28N2O2/c1-5-6-7-8-19-17(20)14(4)21-16-12(2)9-15(11-18)10-13(16)3/h9-10,14H,5-8,11,18H2,1-4H3,(H,19,20). The third-order valence-corrected chi connectivity index (χ3v) is 3.50. The SMILES string of the molecule is CCCCCNC(=O)C(C)Oc1c(C)cc(CN)cc1C. The summed E-state index contributed by atoms with van der Waals surface area (Å²) in [6, 6.07) is 4.02. The molecule has 0 bridgehead atoms. The van der Waals surface area contributed by atoms with Crippen LogP contribution in [-0.4, -0.2) is 18.6 Å². The van der Waals surface area contributed by atoms with E-state index in [9.17, 15) is 4.79 Å². The summed E-state index contributed by atoms with van der Waals surface area (Å²) in [5, 5.41) is 2.92. The van der Waals surface area contributed by atoms with E-state index in [1.54, 1.807) is 6.92 Å². The van der Waals surface area contributed by atoms with E-state index in [0.29, 0.717) is 13.1 Å². The minimum absolute atomic E-state index is 0.0622. The number of unbranched alkanes of at least 4 members (excludes halogenated alkanes) is 2. The van der Waals surface area contributed by atoms with E-state index in [2.05, 4.69) is 12.2 Å². The highest BCUT2D eigenvalue weighted by Gasteiger charge is 2.16. The fourth-order valence-electron chi connectivity index (χ4n) is 2.30. The van der Waals surface area contributed by atoms with E-state index in [1.807, 2.05) is 26.0 Å². The molecule has 21 heavy (non-hydrogen) atoms. The predicted molar refractivity (Wildman–Crippen MR) is 86.4 cm³/mol. The van der Waals surface area contributed by atoms with Gasteiger partial charge in [-0.1, -0.05) is 31.9 Å². The maximum atomic E-state index is 12.0. The topological polar surface area (TPSA) is 64.3 Å². The van der Waals surface area contributed by atoms with Gasteiger partial charge in [-0.25, -0.2) is 0 Å². The van der Waals surface area contributed by atoms with Gasteiger partial charge in [-0.15, -0.1) is 0 Å². The van der Waals surface area contributed by atoms with Crippen LogP contribution in [0.15, 0.2) is 12.1 Å². The molecule has 118 valence electrons. The second-order valence-corrected chi connectivity index (χ2v) is 5.52. The first-order valence-electron chi connectivity index (χ1n) is 7.74. The molecule has 1 aromatic carbocycles. The first kappa shape index (κ1) is 17.5. The van der Waals surface area contributed by atoms with E-state index < -0.39 is 6.10 Å². The van der Waals surface area contributed by atoms with Gasteiger partial charge in [0.1, 0.15) is 5.75 Å². The summed E-state index contributed by atoms with van der Waals surface area (Å²) in [5.74, 6) is 0.719. The summed E-state index contributed by atoms with van der Waals surface area (Å²) in [4.78, 5) is 12.0. The number of ether oxygens (including phenoxy) is 1. The predicted octanol–water partition coefficient (Wildman–Crippen LogP) is 2.84. The molecule has 0 aromatic heterocycles. The number of aryl methyl sites for hydroxylation is 2. The van der Waals surface area contributed by atoms with Crippen molar-refractivity contribution in [3.63, 3.8) is 0 Å². The summed E-state index contributed by atoms with van der Waals surface area (Å²) >= 11 is 0. The fraction of sp³-hybridized carbons (Fsp3) is 0.588. The summed E-state index contributed by atoms with van der Waals surface area (Å²) in [6.45, 7) is 9.11. The third-order valence-electron chi connectivity index (χ3n) is 3.50. The molecule has 4 heteroatoms. The molecule has 0 aliphatic rings. The number of nitrogens with two attached hydrogens (primary N) is 1. The second-order valence-electron chi connectivity index (χ2n) is 5.52. The number of carbonyl (C=O) groups is 1. The van der Waals surface area contributed by atoms with Crippen LogP contribution in [0.25, 0.3) is 0 Å². The Morgan fingerprint density at radius 1 is 1.29 bits per heavy atom. The number of hydrogen-bond donors (Lipinski definition) is 2. The fourth-order valence-corrected chi connectivity index (χ4v) is 2.30. The Bertz CT molecular complexity index is 449. The first-order valence-corrected chi connectivity index (χ1v) is 7.74. The van der Waals surface area contributed by atoms with Crippen molar-refractivity contribution in [1.29, 1.82) is 0 Å². The van der Waals surface area contributed by atoms with E-state index >= 15 is 0 Å². The van der Waals surface area contributed by atoms with Gasteiger partial charge < -0.3 is 15.8 Å². The van der Waals surface area contributed by atoms with Crippen molar-refractivity contribution < 1.29 is 9.53 Å². The van der Waals surface area contributed by atoms with E-state index in [-0.39, 0.29) is 5.91 Å². The zero-order chi connectivity index (χ0) is 15.8. The molecule has 1 rings (SSSR count). The van der Waals surface area contributed by atoms with Crippen LogP contribution in [0.5, 0.6) is 5.75 Å². The van der Waals surface area contributed by atoms with Crippen LogP contribution >= 0.6 is 0 Å². The quantitative estimate of drug-likeness (QED) is 0.724. The molecule has 0 saturated heterocycles. The number of rotatable bonds is 8. The number of amides is 1. The zero-order valence-corrected chi connectivity index (χ0v) is 13.7. The van der Waals surface area contributed by atoms with E-state index in [1.165, 1.54) is 0 Å². The molecule has 0 heterocycles. The molecule has 1 unspecified atom stereocenters. The number of nitrogens with one attached hydrogen (secondary N) is 1. The maximum absolute atomic E-state index is 12.0. The van der Waals surface area contributed by atoms with Crippen LogP contribution in [0.4, 0.5) is 0 Å². The van der Waals surface area contributed by atoms with Crippen LogP contribution in [0, 0.1) is 13.8 Å². The zero-order valence-electron chi connectivity index (χ0n) is 13.7. The second kappa shape index (κ2) is 8.67. The molecule has 1 amide bonds. The number of hydrogen-bond acceptors (Lipinski definition) is 3. The maximum Gasteiger partial charge on any atom is 0.260 e. The summed E-state index contributed by atoms with van der Waals surface area (Å²) in [7, 11) is 0. The van der Waals surface area contributed by atoms with Crippen molar-refractivity contribution in [3.8, 4) is 5.75 Å². The van der Waals surface area contributed by atoms with Gasteiger partial charge >= 0.3 is 0 Å². The monoisotopic (exact) mass is 292 g/mol. The summed E-state index contributed by atoms with van der Waals surface area (Å²) in [6.07, 6.45) is 2.80. The van der Waals surface area contributed by atoms with Gasteiger partial charge in [0.05, 0.1) is 0 Å². The summed E-state index contributed by atoms with van der Waals surface area (Å²) in [5.41, 5.74) is 8.77. The average molecular weight is 292 g/mol. The molecule has 0 fully saturated rings. The molecule has 3 N–H and O–H groups in total. The van der Waals surface area contributed by atoms with Crippen molar-refractivity contribution >= 4 is 5.91 Å². The third kappa shape index (κ3) is 5.38. The largest absolute Gasteiger partial charge is 0.480 e. The van der Waals surface area contributed by atoms with Crippen molar-refractivity contribution in [2.75, 3.05) is 6.54 Å². The lowest BCUT2D eigenvalue weighted by Crippen LogP contribution is -2.37. The van der Waals surface area contributed by atoms with Crippen molar-refractivity contribution in [3.05, 3.63) is 28.8 Å². The highest BCUT2D eigenvalue weighted by atomic mass is 16.5. The van der Waals surface area contributed by atoms with Crippen LogP contribution < -0.4 is 15.8 Å². The highest BCUT2D eigenvalue weighted by molar-refractivity contribution is 5.80. The molecule has 0 radical (unpaired) electrons. The normalized spacial score (nSPS) is 12.0. The Kier molecular flexibility index (Phi) is 7.23. The molecule has 0 spiro atoms. The molecule has 4 nitrogen and oxygen atoms in total. The van der Waals surface area contributed by atoms with Gasteiger partial charge in [-0.3, -0.25) is 4.79 Å². The Labute approximate surface area is 128 Å². The lowest BCUT2D eigenvalue weighted by atomic mass is 10.1. The minimum Gasteiger partial charge on any atom is -0.480 e. The first-order chi connectivity index (χ1) is 9.99. The molecule has 1 atom stereocenters. The molecular weight excluding hydrogens is 264 g/mol. The van der Waals surface area contributed by atoms with Crippen LogP contribution in [0.1, 0.15) is 49.8 Å². The Morgan fingerprint density at radius 3 is 2.43 bits per heavy atom. The average Bonchev–Trinajstić information content (AvgIpc) is 2.46. The summed E-state index contributed by atoms with van der Waals surface area (Å²) < 4.78 is 5.84. The molecule has 1 aromatic rings. The Hall–Kier alpha value is -1.55. The van der Waals surface area contributed by atoms with Crippen LogP contribution in [0.2, 0.25) is 0 Å². The smallest absolute Gasteiger partial charge is 0.260 e. The van der Waals surface area contributed by atoms with Crippen molar-refractivity contribution in [2.24, 2.45) is 5.73 Å². The van der Waals surface area contributed by atoms with Gasteiger partial charge in [0.15, 0.2) is 6.10 Å². The number of benzene rings is 1. The Balaban J connectivity index is 2.62. The van der Waals surface area contributed by atoms with Crippen LogP contribution in [-0.2, 0) is 11.3 Å². The Morgan fingerprint density at radius 2 is 1.90 bits per heavy atom. The lowest BCUT2D eigenvalue weighted by molar-refractivity contribution is -0.127. The van der Waals surface area contributed by atoms with Crippen molar-refractivity contribution in [1.82, 2.24) is 5.32 Å². The van der Waals surface area contributed by atoms with E-state index in [0.717, 1.165) is 41.7 Å². The van der Waals surface area contributed by atoms with Gasteiger partial charge in [0.25, 0.3) is 5.91 Å². The minimum atomic E-state index is -0.493. The van der Waals surface area contributed by atoms with Gasteiger partial charge in [0.2, 0.25) is 0 Å². The van der Waals surface area contributed by atoms with Gasteiger partial charge in [0, 0.05) is 13.1 Å². The lowest BCUT2D eigenvalue weighted by Gasteiger charge is -2.19. The number of carbonyl (C=O) groups excluding carboxylic acids is 1. The van der Waals surface area contributed by atoms with Gasteiger partial charge in [-0.05, 0) is 43.9 Å². The molecule has 0 aliphatic heterocycles. The van der Waals surface area contributed by atoms with Crippen LogP contribution in [0.3, 0.4) is 0 Å². The van der Waals surface area contributed by atoms with Gasteiger partial charge in [-0.2, -0.15) is 0 Å². The molecular formula is C17H28N2O2. The molecule has 0 aliphatic carbocycles.